The molecule has 1 aliphatic carbocycles. The van der Waals surface area contributed by atoms with Crippen LogP contribution in [0.2, 0.25) is 0 Å². The van der Waals surface area contributed by atoms with Gasteiger partial charge in [-0.3, -0.25) is 9.59 Å². The van der Waals surface area contributed by atoms with E-state index in [2.05, 4.69) is 11.4 Å². The molecule has 0 saturated heterocycles. The van der Waals surface area contributed by atoms with E-state index in [9.17, 15) is 9.59 Å². The maximum absolute atomic E-state index is 12.5. The van der Waals surface area contributed by atoms with Crippen LogP contribution in [0.1, 0.15) is 43.7 Å². The Kier molecular flexibility index (Phi) is 4.99. The van der Waals surface area contributed by atoms with Gasteiger partial charge in [0.15, 0.2) is 0 Å². The Hall–Kier alpha value is -1.84. The first-order valence-corrected chi connectivity index (χ1v) is 7.59. The molecule has 0 spiro atoms. The molecule has 0 heterocycles. The minimum absolute atomic E-state index is 0.0312. The molecule has 0 aliphatic heterocycles. The summed E-state index contributed by atoms with van der Waals surface area (Å²) >= 11 is 0. The maximum atomic E-state index is 12.5. The van der Waals surface area contributed by atoms with Gasteiger partial charge in [-0.25, -0.2) is 0 Å². The first kappa shape index (κ1) is 15.5. The monoisotopic (exact) mass is 289 g/mol. The fraction of sp³-hybridized carbons (Fsp3) is 0.529. The molecule has 0 radical (unpaired) electrons. The third-order valence-electron chi connectivity index (χ3n) is 4.13. The van der Waals surface area contributed by atoms with Crippen LogP contribution in [-0.4, -0.2) is 25.0 Å². The Morgan fingerprint density at radius 1 is 1.33 bits per heavy atom. The third-order valence-corrected chi connectivity index (χ3v) is 4.13. The molecule has 0 atom stereocenters. The Bertz CT molecular complexity index is 521. The number of carbonyl (C=O) groups is 2. The van der Waals surface area contributed by atoms with Crippen LogP contribution in [0.15, 0.2) is 24.3 Å². The number of amides is 1. The maximum Gasteiger partial charge on any atom is 0.307 e. The molecular formula is C17H23NO3. The third kappa shape index (κ3) is 3.43. The number of aryl methyl sites for hydroxylation is 1. The van der Waals surface area contributed by atoms with Crippen LogP contribution in [0.5, 0.6) is 0 Å². The number of esters is 1. The van der Waals surface area contributed by atoms with Crippen molar-refractivity contribution in [3.05, 3.63) is 35.4 Å². The van der Waals surface area contributed by atoms with Gasteiger partial charge in [0.1, 0.15) is 0 Å². The predicted octanol–water partition coefficient (Wildman–Crippen LogP) is 2.49. The van der Waals surface area contributed by atoms with E-state index >= 15 is 0 Å². The van der Waals surface area contributed by atoms with Crippen molar-refractivity contribution in [2.75, 3.05) is 13.2 Å². The van der Waals surface area contributed by atoms with Gasteiger partial charge in [-0.15, -0.1) is 0 Å². The summed E-state index contributed by atoms with van der Waals surface area (Å²) in [6, 6.07) is 8.15. The van der Waals surface area contributed by atoms with Crippen molar-refractivity contribution in [2.45, 2.75) is 44.9 Å². The normalized spacial score (nSPS) is 15.9. The SMILES string of the molecule is CCOC(=O)CCNC(=O)C1(c2cccc(C)c2)CCC1. The van der Waals surface area contributed by atoms with Crippen LogP contribution in [0.3, 0.4) is 0 Å². The highest BCUT2D eigenvalue weighted by molar-refractivity contribution is 5.89. The van der Waals surface area contributed by atoms with Crippen molar-refractivity contribution >= 4 is 11.9 Å². The lowest BCUT2D eigenvalue weighted by atomic mass is 9.63. The Balaban J connectivity index is 1.97. The molecule has 1 amide bonds. The van der Waals surface area contributed by atoms with Crippen LogP contribution in [0.4, 0.5) is 0 Å². The smallest absolute Gasteiger partial charge is 0.307 e. The van der Waals surface area contributed by atoms with Crippen LogP contribution >= 0.6 is 0 Å². The zero-order valence-electron chi connectivity index (χ0n) is 12.8. The molecule has 0 unspecified atom stereocenters. The van der Waals surface area contributed by atoms with Crippen molar-refractivity contribution in [1.29, 1.82) is 0 Å². The lowest BCUT2D eigenvalue weighted by Gasteiger charge is -2.41. The summed E-state index contributed by atoms with van der Waals surface area (Å²) in [5, 5.41) is 2.89. The van der Waals surface area contributed by atoms with E-state index in [1.54, 1.807) is 6.92 Å². The molecule has 1 fully saturated rings. The fourth-order valence-electron chi connectivity index (χ4n) is 2.80. The molecular weight excluding hydrogens is 266 g/mol. The first-order valence-electron chi connectivity index (χ1n) is 7.59. The van der Waals surface area contributed by atoms with E-state index in [0.717, 1.165) is 30.4 Å². The van der Waals surface area contributed by atoms with E-state index in [0.29, 0.717) is 13.2 Å². The molecule has 1 aromatic carbocycles. The van der Waals surface area contributed by atoms with Gasteiger partial charge < -0.3 is 10.1 Å². The zero-order chi connectivity index (χ0) is 15.3. The van der Waals surface area contributed by atoms with Gasteiger partial charge in [-0.2, -0.15) is 0 Å². The fourth-order valence-corrected chi connectivity index (χ4v) is 2.80. The molecule has 114 valence electrons. The van der Waals surface area contributed by atoms with E-state index in [1.807, 2.05) is 25.1 Å². The lowest BCUT2D eigenvalue weighted by Crippen LogP contribution is -2.49. The van der Waals surface area contributed by atoms with Crippen molar-refractivity contribution < 1.29 is 14.3 Å². The molecule has 0 bridgehead atoms. The van der Waals surface area contributed by atoms with Crippen molar-refractivity contribution in [1.82, 2.24) is 5.32 Å². The van der Waals surface area contributed by atoms with E-state index in [-0.39, 0.29) is 18.3 Å². The van der Waals surface area contributed by atoms with Crippen molar-refractivity contribution in [3.8, 4) is 0 Å². The summed E-state index contributed by atoms with van der Waals surface area (Å²) in [5.74, 6) is -0.236. The summed E-state index contributed by atoms with van der Waals surface area (Å²) in [6.45, 7) is 4.53. The number of ether oxygens (including phenoxy) is 1. The predicted molar refractivity (Wildman–Crippen MR) is 81.0 cm³/mol. The number of carbonyl (C=O) groups excluding carboxylic acids is 2. The average molecular weight is 289 g/mol. The zero-order valence-corrected chi connectivity index (χ0v) is 12.8. The Morgan fingerprint density at radius 2 is 2.10 bits per heavy atom. The van der Waals surface area contributed by atoms with Crippen LogP contribution in [0.25, 0.3) is 0 Å². The van der Waals surface area contributed by atoms with Crippen LogP contribution in [0, 0.1) is 6.92 Å². The van der Waals surface area contributed by atoms with Crippen molar-refractivity contribution in [3.63, 3.8) is 0 Å². The van der Waals surface area contributed by atoms with Gasteiger partial charge in [0.05, 0.1) is 18.4 Å². The average Bonchev–Trinajstić information content (AvgIpc) is 2.38. The van der Waals surface area contributed by atoms with E-state index < -0.39 is 5.41 Å². The highest BCUT2D eigenvalue weighted by Gasteiger charge is 2.45. The molecule has 1 aromatic rings. The Labute approximate surface area is 125 Å². The lowest BCUT2D eigenvalue weighted by molar-refractivity contribution is -0.143. The molecule has 1 aliphatic rings. The summed E-state index contributed by atoms with van der Waals surface area (Å²) in [4.78, 5) is 23.8. The number of hydrogen-bond donors (Lipinski definition) is 1. The second-order valence-corrected chi connectivity index (χ2v) is 5.62. The second-order valence-electron chi connectivity index (χ2n) is 5.62. The van der Waals surface area contributed by atoms with Gasteiger partial charge in [0, 0.05) is 6.54 Å². The molecule has 4 heteroatoms. The number of rotatable bonds is 6. The minimum Gasteiger partial charge on any atom is -0.466 e. The highest BCUT2D eigenvalue weighted by Crippen LogP contribution is 2.44. The van der Waals surface area contributed by atoms with Gasteiger partial charge in [0.25, 0.3) is 0 Å². The van der Waals surface area contributed by atoms with E-state index in [4.69, 9.17) is 4.74 Å². The number of nitrogens with one attached hydrogen (secondary N) is 1. The Morgan fingerprint density at radius 3 is 2.67 bits per heavy atom. The first-order chi connectivity index (χ1) is 10.1. The van der Waals surface area contributed by atoms with Crippen molar-refractivity contribution in [2.24, 2.45) is 0 Å². The summed E-state index contributed by atoms with van der Waals surface area (Å²) < 4.78 is 4.86. The number of benzene rings is 1. The molecule has 21 heavy (non-hydrogen) atoms. The molecule has 1 saturated carbocycles. The summed E-state index contributed by atoms with van der Waals surface area (Å²) in [7, 11) is 0. The molecule has 1 N–H and O–H groups in total. The second kappa shape index (κ2) is 6.74. The standard InChI is InChI=1S/C17H23NO3/c1-3-21-15(19)8-11-18-16(20)17(9-5-10-17)14-7-4-6-13(2)12-14/h4,6-7,12H,3,5,8-11H2,1-2H3,(H,18,20). The van der Waals surface area contributed by atoms with Gasteiger partial charge in [0.2, 0.25) is 5.91 Å². The number of hydrogen-bond acceptors (Lipinski definition) is 3. The van der Waals surface area contributed by atoms with E-state index in [1.165, 1.54) is 0 Å². The largest absolute Gasteiger partial charge is 0.466 e. The van der Waals surface area contributed by atoms with Gasteiger partial charge in [-0.1, -0.05) is 36.2 Å². The molecule has 0 aromatic heterocycles. The van der Waals surface area contributed by atoms with Gasteiger partial charge >= 0.3 is 5.97 Å². The minimum atomic E-state index is -0.402. The van der Waals surface area contributed by atoms with Crippen LogP contribution in [-0.2, 0) is 19.7 Å². The summed E-state index contributed by atoms with van der Waals surface area (Å²) in [6.07, 6.45) is 3.05. The quantitative estimate of drug-likeness (QED) is 0.819. The molecule has 2 rings (SSSR count). The van der Waals surface area contributed by atoms with Crippen LogP contribution < -0.4 is 5.32 Å². The highest BCUT2D eigenvalue weighted by atomic mass is 16.5. The topological polar surface area (TPSA) is 55.4 Å². The summed E-state index contributed by atoms with van der Waals surface area (Å²) in [5.41, 5.74) is 1.85. The van der Waals surface area contributed by atoms with Gasteiger partial charge in [-0.05, 0) is 32.3 Å². The molecule has 4 nitrogen and oxygen atoms in total.